The number of hydrogen-bond donors (Lipinski definition) is 2. The van der Waals surface area contributed by atoms with Crippen molar-refractivity contribution in [3.8, 4) is 11.3 Å². The molecule has 3 N–H and O–H groups in total. The van der Waals surface area contributed by atoms with Crippen LogP contribution in [-0.2, 0) is 6.42 Å². The molecular weight excluding hydrogens is 362 g/mol. The summed E-state index contributed by atoms with van der Waals surface area (Å²) < 4.78 is 1.69. The molecular formula is C14H13N7O2S2. The molecule has 0 bridgehead atoms. The third-order valence-electron chi connectivity index (χ3n) is 3.30. The second-order valence-electron chi connectivity index (χ2n) is 4.93. The first-order valence-corrected chi connectivity index (χ1v) is 8.44. The van der Waals surface area contributed by atoms with E-state index in [9.17, 15) is 10.1 Å². The molecule has 0 spiro atoms. The SMILES string of the molecule is CCc1nn2c(/C=N/NC(N)=S)c(-c3ccc([N+](=O)[O-])cc3)nc2s1. The first-order valence-electron chi connectivity index (χ1n) is 7.21. The molecule has 25 heavy (non-hydrogen) atoms. The third kappa shape index (κ3) is 3.46. The molecule has 0 saturated heterocycles. The lowest BCUT2D eigenvalue weighted by molar-refractivity contribution is -0.384. The van der Waals surface area contributed by atoms with Crippen molar-refractivity contribution in [1.82, 2.24) is 20.0 Å². The predicted octanol–water partition coefficient (Wildman–Crippen LogP) is 2.10. The highest BCUT2D eigenvalue weighted by Crippen LogP contribution is 2.27. The van der Waals surface area contributed by atoms with Gasteiger partial charge < -0.3 is 5.73 Å². The number of thiocarbonyl (C=S) groups is 1. The van der Waals surface area contributed by atoms with E-state index in [4.69, 9.17) is 18.0 Å². The second-order valence-corrected chi connectivity index (χ2v) is 6.41. The quantitative estimate of drug-likeness (QED) is 0.303. The molecule has 3 aromatic rings. The fourth-order valence-electron chi connectivity index (χ4n) is 2.17. The van der Waals surface area contributed by atoms with Gasteiger partial charge in [-0.3, -0.25) is 15.5 Å². The fourth-order valence-corrected chi connectivity index (χ4v) is 3.07. The Morgan fingerprint density at radius 2 is 2.24 bits per heavy atom. The number of non-ortho nitro benzene ring substituents is 1. The summed E-state index contributed by atoms with van der Waals surface area (Å²) in [6.45, 7) is 2.01. The minimum Gasteiger partial charge on any atom is -0.375 e. The van der Waals surface area contributed by atoms with Crippen molar-refractivity contribution in [2.75, 3.05) is 0 Å². The van der Waals surface area contributed by atoms with Crippen LogP contribution in [0.1, 0.15) is 17.6 Å². The van der Waals surface area contributed by atoms with Crippen molar-refractivity contribution in [2.24, 2.45) is 10.8 Å². The van der Waals surface area contributed by atoms with Gasteiger partial charge in [0.25, 0.3) is 5.69 Å². The molecule has 2 heterocycles. The number of aryl methyl sites for hydroxylation is 1. The van der Waals surface area contributed by atoms with E-state index >= 15 is 0 Å². The number of nitro groups is 1. The zero-order valence-corrected chi connectivity index (χ0v) is 14.7. The number of rotatable bonds is 5. The van der Waals surface area contributed by atoms with Crippen LogP contribution in [0.25, 0.3) is 16.2 Å². The van der Waals surface area contributed by atoms with Crippen molar-refractivity contribution < 1.29 is 4.92 Å². The average Bonchev–Trinajstić information content (AvgIpc) is 3.13. The number of nitrogens with zero attached hydrogens (tertiary/aromatic N) is 5. The minimum absolute atomic E-state index is 0.0153. The Morgan fingerprint density at radius 1 is 1.52 bits per heavy atom. The maximum absolute atomic E-state index is 10.8. The van der Waals surface area contributed by atoms with Crippen molar-refractivity contribution in [2.45, 2.75) is 13.3 Å². The Labute approximate surface area is 151 Å². The summed E-state index contributed by atoms with van der Waals surface area (Å²) in [6, 6.07) is 6.15. The van der Waals surface area contributed by atoms with Crippen LogP contribution in [0, 0.1) is 10.1 Å². The topological polar surface area (TPSA) is 124 Å². The summed E-state index contributed by atoms with van der Waals surface area (Å²) in [7, 11) is 0. The number of imidazole rings is 1. The summed E-state index contributed by atoms with van der Waals surface area (Å²) in [5, 5.41) is 20.3. The van der Waals surface area contributed by atoms with Gasteiger partial charge in [0.15, 0.2) is 5.11 Å². The van der Waals surface area contributed by atoms with Gasteiger partial charge >= 0.3 is 0 Å². The van der Waals surface area contributed by atoms with Crippen LogP contribution in [0.15, 0.2) is 29.4 Å². The maximum Gasteiger partial charge on any atom is 0.269 e. The van der Waals surface area contributed by atoms with E-state index in [-0.39, 0.29) is 10.8 Å². The smallest absolute Gasteiger partial charge is 0.269 e. The van der Waals surface area contributed by atoms with E-state index in [1.807, 2.05) is 6.92 Å². The van der Waals surface area contributed by atoms with E-state index in [0.717, 1.165) is 17.0 Å². The van der Waals surface area contributed by atoms with Crippen LogP contribution < -0.4 is 11.2 Å². The number of nitrogens with two attached hydrogens (primary N) is 1. The highest BCUT2D eigenvalue weighted by Gasteiger charge is 2.17. The number of nitrogens with one attached hydrogen (secondary N) is 1. The summed E-state index contributed by atoms with van der Waals surface area (Å²) in [5.74, 6) is 0. The van der Waals surface area contributed by atoms with Crippen LogP contribution in [0.3, 0.4) is 0 Å². The molecule has 1 aromatic carbocycles. The molecule has 0 radical (unpaired) electrons. The van der Waals surface area contributed by atoms with Gasteiger partial charge in [-0.2, -0.15) is 10.2 Å². The van der Waals surface area contributed by atoms with E-state index < -0.39 is 4.92 Å². The number of hydrogen-bond acceptors (Lipinski definition) is 7. The van der Waals surface area contributed by atoms with Crippen molar-refractivity contribution in [3.05, 3.63) is 45.1 Å². The predicted molar refractivity (Wildman–Crippen MR) is 99.8 cm³/mol. The largest absolute Gasteiger partial charge is 0.375 e. The molecule has 9 nitrogen and oxygen atoms in total. The normalized spacial score (nSPS) is 11.2. The monoisotopic (exact) mass is 375 g/mol. The Hall–Kier alpha value is -2.92. The lowest BCUT2D eigenvalue weighted by Gasteiger charge is -2.00. The summed E-state index contributed by atoms with van der Waals surface area (Å²) in [4.78, 5) is 15.7. The molecule has 0 aliphatic heterocycles. The first-order chi connectivity index (χ1) is 12.0. The molecule has 0 saturated carbocycles. The van der Waals surface area contributed by atoms with Crippen LogP contribution in [0.5, 0.6) is 0 Å². The molecule has 0 aliphatic carbocycles. The Kier molecular flexibility index (Phi) is 4.67. The number of nitro benzene ring substituents is 1. The van der Waals surface area contributed by atoms with Gasteiger partial charge in [0.1, 0.15) is 16.4 Å². The molecule has 0 atom stereocenters. The average molecular weight is 375 g/mol. The molecule has 2 aromatic heterocycles. The number of fused-ring (bicyclic) bond motifs is 1. The fraction of sp³-hybridized carbons (Fsp3) is 0.143. The molecule has 0 aliphatic rings. The molecule has 128 valence electrons. The van der Waals surface area contributed by atoms with Crippen molar-refractivity contribution in [1.29, 1.82) is 0 Å². The summed E-state index contributed by atoms with van der Waals surface area (Å²) >= 11 is 6.20. The van der Waals surface area contributed by atoms with Crippen LogP contribution >= 0.6 is 23.6 Å². The zero-order valence-electron chi connectivity index (χ0n) is 13.0. The van der Waals surface area contributed by atoms with Crippen LogP contribution in [0.4, 0.5) is 5.69 Å². The molecule has 0 unspecified atom stereocenters. The van der Waals surface area contributed by atoms with Crippen LogP contribution in [-0.4, -0.2) is 30.8 Å². The van der Waals surface area contributed by atoms with E-state index in [1.54, 1.807) is 16.6 Å². The third-order valence-corrected chi connectivity index (χ3v) is 4.44. The molecule has 0 amide bonds. The number of hydrazone groups is 1. The lowest BCUT2D eigenvalue weighted by Crippen LogP contribution is -2.24. The highest BCUT2D eigenvalue weighted by atomic mass is 32.1. The van der Waals surface area contributed by atoms with E-state index in [1.165, 1.54) is 29.7 Å². The Morgan fingerprint density at radius 3 is 2.84 bits per heavy atom. The second kappa shape index (κ2) is 6.91. The Bertz CT molecular complexity index is 975. The zero-order chi connectivity index (χ0) is 18.0. The minimum atomic E-state index is -0.445. The highest BCUT2D eigenvalue weighted by molar-refractivity contribution is 7.80. The van der Waals surface area contributed by atoms with Crippen molar-refractivity contribution >= 4 is 45.5 Å². The maximum atomic E-state index is 10.8. The van der Waals surface area contributed by atoms with Gasteiger partial charge in [0, 0.05) is 17.7 Å². The first kappa shape index (κ1) is 16.9. The summed E-state index contributed by atoms with van der Waals surface area (Å²) in [6.07, 6.45) is 2.32. The van der Waals surface area contributed by atoms with Gasteiger partial charge in [-0.15, -0.1) is 0 Å². The van der Waals surface area contributed by atoms with Crippen molar-refractivity contribution in [3.63, 3.8) is 0 Å². The standard InChI is InChI=1S/C14H13N7O2S2/c1-2-11-19-20-10(7-16-18-13(15)24)12(17-14(20)25-11)8-3-5-9(6-4-8)21(22)23/h3-7H,2H2,1H3,(H3,15,18,24)/b16-7+. The van der Waals surface area contributed by atoms with E-state index in [0.29, 0.717) is 16.3 Å². The molecule has 3 rings (SSSR count). The molecule has 11 heteroatoms. The van der Waals surface area contributed by atoms with Gasteiger partial charge in [-0.25, -0.2) is 9.50 Å². The van der Waals surface area contributed by atoms with Crippen LogP contribution in [0.2, 0.25) is 0 Å². The van der Waals surface area contributed by atoms with Gasteiger partial charge in [-0.05, 0) is 30.8 Å². The Balaban J connectivity index is 2.09. The van der Waals surface area contributed by atoms with Gasteiger partial charge in [0.05, 0.1) is 11.1 Å². The lowest BCUT2D eigenvalue weighted by atomic mass is 10.1. The number of aromatic nitrogens is 3. The van der Waals surface area contributed by atoms with Gasteiger partial charge in [-0.1, -0.05) is 18.3 Å². The number of benzene rings is 1. The van der Waals surface area contributed by atoms with E-state index in [2.05, 4.69) is 20.6 Å². The summed E-state index contributed by atoms with van der Waals surface area (Å²) in [5.41, 5.74) is 9.85. The molecule has 0 fully saturated rings. The van der Waals surface area contributed by atoms with Gasteiger partial charge in [0.2, 0.25) is 4.96 Å².